The van der Waals surface area contributed by atoms with Gasteiger partial charge in [-0.1, -0.05) is 25.3 Å². The summed E-state index contributed by atoms with van der Waals surface area (Å²) in [4.78, 5) is 15.0. The molecule has 0 aromatic carbocycles. The van der Waals surface area contributed by atoms with E-state index < -0.39 is 0 Å². The molecule has 0 radical (unpaired) electrons. The van der Waals surface area contributed by atoms with E-state index in [1.807, 2.05) is 20.8 Å². The number of hydrogen-bond acceptors (Lipinski definition) is 6. The van der Waals surface area contributed by atoms with Gasteiger partial charge in [0.2, 0.25) is 0 Å². The summed E-state index contributed by atoms with van der Waals surface area (Å²) >= 11 is 1.16. The molecule has 0 saturated carbocycles. The Morgan fingerprint density at radius 1 is 1.58 bits per heavy atom. The minimum atomic E-state index is -0.183. The van der Waals surface area contributed by atoms with Gasteiger partial charge in [-0.15, -0.1) is 5.10 Å². The van der Waals surface area contributed by atoms with Gasteiger partial charge in [0.1, 0.15) is 4.88 Å². The Bertz CT molecular complexity index is 455. The second-order valence-corrected chi connectivity index (χ2v) is 6.43. The van der Waals surface area contributed by atoms with Gasteiger partial charge in [0, 0.05) is 25.0 Å². The summed E-state index contributed by atoms with van der Waals surface area (Å²) in [6, 6.07) is 0. The first-order valence-corrected chi connectivity index (χ1v) is 7.14. The third-order valence-corrected chi connectivity index (χ3v) is 3.80. The van der Waals surface area contributed by atoms with Crippen molar-refractivity contribution in [1.82, 2.24) is 14.5 Å². The van der Waals surface area contributed by atoms with E-state index in [-0.39, 0.29) is 17.4 Å². The molecule has 2 heterocycles. The van der Waals surface area contributed by atoms with Gasteiger partial charge in [-0.3, -0.25) is 4.79 Å². The molecule has 1 aliphatic rings. The molecule has 2 rings (SSSR count). The van der Waals surface area contributed by atoms with Gasteiger partial charge in [-0.2, -0.15) is 0 Å². The highest BCUT2D eigenvalue weighted by atomic mass is 32.1. The topological polar surface area (TPSA) is 81.3 Å². The van der Waals surface area contributed by atoms with Gasteiger partial charge in [0.15, 0.2) is 0 Å². The van der Waals surface area contributed by atoms with Crippen LogP contribution < -0.4 is 5.73 Å². The normalized spacial score (nSPS) is 20.6. The largest absolute Gasteiger partial charge is 0.373 e. The third-order valence-electron chi connectivity index (χ3n) is 3.08. The number of aromatic nitrogens is 2. The lowest BCUT2D eigenvalue weighted by atomic mass is 9.91. The Kier molecular flexibility index (Phi) is 4.17. The van der Waals surface area contributed by atoms with Gasteiger partial charge in [-0.05, 0) is 11.5 Å². The smallest absolute Gasteiger partial charge is 0.267 e. The average Bonchev–Trinajstić information content (AvgIpc) is 2.87. The molecule has 1 aromatic rings. The van der Waals surface area contributed by atoms with E-state index in [9.17, 15) is 4.79 Å². The Morgan fingerprint density at radius 3 is 2.95 bits per heavy atom. The molecule has 1 fully saturated rings. The van der Waals surface area contributed by atoms with Crippen LogP contribution >= 0.6 is 11.5 Å². The first-order valence-electron chi connectivity index (χ1n) is 6.37. The number of carbonyl (C=O) groups excluding carboxylic acids is 1. The maximum absolute atomic E-state index is 12.5. The molecule has 1 saturated heterocycles. The number of nitrogens with zero attached hydrogens (tertiary/aromatic N) is 3. The third kappa shape index (κ3) is 3.10. The zero-order chi connectivity index (χ0) is 14.0. The highest BCUT2D eigenvalue weighted by Gasteiger charge is 2.31. The molecule has 1 amide bonds. The minimum Gasteiger partial charge on any atom is -0.373 e. The van der Waals surface area contributed by atoms with E-state index in [2.05, 4.69) is 9.59 Å². The second-order valence-electron chi connectivity index (χ2n) is 5.68. The molecular formula is C12H20N4O2S. The summed E-state index contributed by atoms with van der Waals surface area (Å²) in [5.41, 5.74) is 6.18. The SMILES string of the molecule is CC(C)(C)c1nnsc1C(=O)N1CCOC(CN)C1. The number of carbonyl (C=O) groups is 1. The van der Waals surface area contributed by atoms with E-state index in [0.717, 1.165) is 17.2 Å². The molecule has 0 spiro atoms. The van der Waals surface area contributed by atoms with E-state index in [0.29, 0.717) is 31.1 Å². The van der Waals surface area contributed by atoms with Crippen LogP contribution in [0.5, 0.6) is 0 Å². The van der Waals surface area contributed by atoms with Gasteiger partial charge in [0.25, 0.3) is 5.91 Å². The number of rotatable bonds is 2. The first-order chi connectivity index (χ1) is 8.93. The van der Waals surface area contributed by atoms with Crippen molar-refractivity contribution in [1.29, 1.82) is 0 Å². The highest BCUT2D eigenvalue weighted by molar-refractivity contribution is 7.08. The van der Waals surface area contributed by atoms with Crippen LogP contribution in [0, 0.1) is 0 Å². The van der Waals surface area contributed by atoms with Crippen molar-refractivity contribution < 1.29 is 9.53 Å². The van der Waals surface area contributed by atoms with Crippen molar-refractivity contribution in [3.63, 3.8) is 0 Å². The average molecular weight is 284 g/mol. The predicted octanol–water partition coefficient (Wildman–Crippen LogP) is 0.635. The van der Waals surface area contributed by atoms with Crippen molar-refractivity contribution in [2.45, 2.75) is 32.3 Å². The van der Waals surface area contributed by atoms with Crippen LogP contribution in [0.3, 0.4) is 0 Å². The predicted molar refractivity (Wildman–Crippen MR) is 73.3 cm³/mol. The molecule has 7 heteroatoms. The van der Waals surface area contributed by atoms with E-state index in [1.165, 1.54) is 0 Å². The van der Waals surface area contributed by atoms with Crippen LogP contribution in [0.1, 0.15) is 36.1 Å². The van der Waals surface area contributed by atoms with Crippen LogP contribution in [0.2, 0.25) is 0 Å². The lowest BCUT2D eigenvalue weighted by molar-refractivity contribution is -0.0166. The monoisotopic (exact) mass is 284 g/mol. The zero-order valence-electron chi connectivity index (χ0n) is 11.5. The Hall–Kier alpha value is -1.05. The fourth-order valence-electron chi connectivity index (χ4n) is 2.01. The van der Waals surface area contributed by atoms with Crippen molar-refractivity contribution in [2.75, 3.05) is 26.2 Å². The van der Waals surface area contributed by atoms with Gasteiger partial charge in [0.05, 0.1) is 18.4 Å². The van der Waals surface area contributed by atoms with Crippen LogP contribution in [0.15, 0.2) is 0 Å². The van der Waals surface area contributed by atoms with Gasteiger partial charge >= 0.3 is 0 Å². The quantitative estimate of drug-likeness (QED) is 0.861. The molecule has 1 aliphatic heterocycles. The van der Waals surface area contributed by atoms with Crippen LogP contribution in [-0.2, 0) is 10.2 Å². The second kappa shape index (κ2) is 5.52. The summed E-state index contributed by atoms with van der Waals surface area (Å²) in [6.45, 7) is 8.18. The molecule has 2 N–H and O–H groups in total. The molecule has 1 unspecified atom stereocenters. The van der Waals surface area contributed by atoms with Crippen molar-refractivity contribution in [3.05, 3.63) is 10.6 Å². The molecule has 0 bridgehead atoms. The van der Waals surface area contributed by atoms with Crippen LogP contribution in [0.4, 0.5) is 0 Å². The number of amides is 1. The number of ether oxygens (including phenoxy) is 1. The lowest BCUT2D eigenvalue weighted by Crippen LogP contribution is -2.48. The van der Waals surface area contributed by atoms with E-state index in [4.69, 9.17) is 10.5 Å². The summed E-state index contributed by atoms with van der Waals surface area (Å²) < 4.78 is 9.41. The van der Waals surface area contributed by atoms with Crippen molar-refractivity contribution in [3.8, 4) is 0 Å². The minimum absolute atomic E-state index is 0.0123. The maximum Gasteiger partial charge on any atom is 0.267 e. The number of morpholine rings is 1. The molecule has 1 atom stereocenters. The Balaban J connectivity index is 2.18. The number of hydrogen-bond donors (Lipinski definition) is 1. The summed E-state index contributed by atoms with van der Waals surface area (Å²) in [5, 5.41) is 4.11. The maximum atomic E-state index is 12.5. The van der Waals surface area contributed by atoms with Gasteiger partial charge in [-0.25, -0.2) is 0 Å². The Labute approximate surface area is 117 Å². The summed E-state index contributed by atoms with van der Waals surface area (Å²) in [5.74, 6) is -0.0123. The van der Waals surface area contributed by atoms with E-state index >= 15 is 0 Å². The molecule has 1 aromatic heterocycles. The van der Waals surface area contributed by atoms with E-state index in [1.54, 1.807) is 4.90 Å². The summed E-state index contributed by atoms with van der Waals surface area (Å²) in [7, 11) is 0. The standard InChI is InChI=1S/C12H20N4O2S/c1-12(2,3)10-9(19-15-14-10)11(17)16-4-5-18-8(6-13)7-16/h8H,4-7,13H2,1-3H3. The van der Waals surface area contributed by atoms with Crippen molar-refractivity contribution in [2.24, 2.45) is 5.73 Å². The fraction of sp³-hybridized carbons (Fsp3) is 0.750. The zero-order valence-corrected chi connectivity index (χ0v) is 12.4. The van der Waals surface area contributed by atoms with Crippen molar-refractivity contribution >= 4 is 17.4 Å². The first kappa shape index (κ1) is 14.4. The molecule has 0 aliphatic carbocycles. The Morgan fingerprint density at radius 2 is 2.32 bits per heavy atom. The molecular weight excluding hydrogens is 264 g/mol. The summed E-state index contributed by atoms with van der Waals surface area (Å²) in [6.07, 6.45) is -0.0725. The van der Waals surface area contributed by atoms with Gasteiger partial charge < -0.3 is 15.4 Å². The van der Waals surface area contributed by atoms with Crippen LogP contribution in [0.25, 0.3) is 0 Å². The highest BCUT2D eigenvalue weighted by Crippen LogP contribution is 2.27. The lowest BCUT2D eigenvalue weighted by Gasteiger charge is -2.32. The molecule has 6 nitrogen and oxygen atoms in total. The van der Waals surface area contributed by atoms with Crippen LogP contribution in [-0.4, -0.2) is 52.7 Å². The molecule has 106 valence electrons. The molecule has 19 heavy (non-hydrogen) atoms. The fourth-order valence-corrected chi connectivity index (χ4v) is 2.86. The number of nitrogens with two attached hydrogens (primary N) is 1.